The van der Waals surface area contributed by atoms with Gasteiger partial charge in [0.25, 0.3) is 0 Å². The van der Waals surface area contributed by atoms with Gasteiger partial charge >= 0.3 is 0 Å². The van der Waals surface area contributed by atoms with E-state index in [1.54, 1.807) is 6.07 Å². The zero-order chi connectivity index (χ0) is 11.7. The number of halogens is 1. The average molecular weight is 222 g/mol. The predicted molar refractivity (Wildman–Crippen MR) is 65.0 cm³/mol. The minimum atomic E-state index is -0.266. The summed E-state index contributed by atoms with van der Waals surface area (Å²) in [5, 5.41) is 0. The number of hydrogen-bond donors (Lipinski definition) is 1. The first-order chi connectivity index (χ1) is 7.59. The molecule has 1 atom stereocenters. The third-order valence-electron chi connectivity index (χ3n) is 3.13. The lowest BCUT2D eigenvalue weighted by Crippen LogP contribution is -2.23. The highest BCUT2D eigenvalue weighted by atomic mass is 19.1. The molecule has 16 heavy (non-hydrogen) atoms. The van der Waals surface area contributed by atoms with E-state index in [1.807, 2.05) is 20.0 Å². The third-order valence-corrected chi connectivity index (χ3v) is 3.13. The highest BCUT2D eigenvalue weighted by Gasteiger charge is 2.24. The molecule has 0 amide bonds. The average Bonchev–Trinajstić information content (AvgIpc) is 3.00. The van der Waals surface area contributed by atoms with Crippen LogP contribution in [0.2, 0.25) is 0 Å². The summed E-state index contributed by atoms with van der Waals surface area (Å²) in [6.07, 6.45) is 2.60. The summed E-state index contributed by atoms with van der Waals surface area (Å²) in [6, 6.07) is 4.91. The van der Waals surface area contributed by atoms with Gasteiger partial charge in [0, 0.05) is 30.9 Å². The highest BCUT2D eigenvalue weighted by Crippen LogP contribution is 2.33. The van der Waals surface area contributed by atoms with Crippen LogP contribution in [0.4, 0.5) is 10.1 Å². The minimum Gasteiger partial charge on any atom is -0.374 e. The molecule has 2 N–H and O–H groups in total. The van der Waals surface area contributed by atoms with Crippen LogP contribution in [0.3, 0.4) is 0 Å². The quantitative estimate of drug-likeness (QED) is 0.848. The maximum absolute atomic E-state index is 13.7. The van der Waals surface area contributed by atoms with Crippen LogP contribution in [0, 0.1) is 11.7 Å². The Hall–Kier alpha value is -1.09. The molecule has 0 aliphatic heterocycles. The standard InChI is InChI=1S/C13H19FN2/c1-9(15)13-11(14)4-3-5-12(13)16(2)8-10-6-7-10/h3-5,9-10H,6-8,15H2,1-2H3/t9-/m1/s1. The summed E-state index contributed by atoms with van der Waals surface area (Å²) in [5.41, 5.74) is 7.40. The molecule has 1 saturated carbocycles. The van der Waals surface area contributed by atoms with Crippen LogP contribution < -0.4 is 10.6 Å². The minimum absolute atomic E-state index is 0.199. The molecule has 1 aromatic carbocycles. The van der Waals surface area contributed by atoms with Gasteiger partial charge in [0.2, 0.25) is 0 Å². The third kappa shape index (κ3) is 2.35. The zero-order valence-electron chi connectivity index (χ0n) is 9.91. The van der Waals surface area contributed by atoms with Crippen LogP contribution in [-0.2, 0) is 0 Å². The second-order valence-corrected chi connectivity index (χ2v) is 4.79. The Bertz CT molecular complexity index is 372. The van der Waals surface area contributed by atoms with E-state index in [9.17, 15) is 4.39 Å². The second-order valence-electron chi connectivity index (χ2n) is 4.79. The molecule has 0 spiro atoms. The van der Waals surface area contributed by atoms with Crippen molar-refractivity contribution in [2.24, 2.45) is 11.7 Å². The molecule has 1 aromatic rings. The molecule has 2 rings (SSSR count). The normalized spacial score (nSPS) is 17.2. The van der Waals surface area contributed by atoms with Crippen LogP contribution in [0.15, 0.2) is 18.2 Å². The lowest BCUT2D eigenvalue weighted by Gasteiger charge is -2.24. The van der Waals surface area contributed by atoms with E-state index in [4.69, 9.17) is 5.73 Å². The van der Waals surface area contributed by atoms with E-state index < -0.39 is 0 Å². The lowest BCUT2D eigenvalue weighted by atomic mass is 10.1. The van der Waals surface area contributed by atoms with Crippen molar-refractivity contribution in [1.82, 2.24) is 0 Å². The molecule has 1 aliphatic carbocycles. The van der Waals surface area contributed by atoms with Crippen LogP contribution in [0.25, 0.3) is 0 Å². The summed E-state index contributed by atoms with van der Waals surface area (Å²) >= 11 is 0. The van der Waals surface area contributed by atoms with Crippen molar-refractivity contribution in [3.8, 4) is 0 Å². The maximum atomic E-state index is 13.7. The SMILES string of the molecule is C[C@@H](N)c1c(F)cccc1N(C)CC1CC1. The first kappa shape index (κ1) is 11.4. The monoisotopic (exact) mass is 222 g/mol. The molecular formula is C13H19FN2. The molecule has 2 nitrogen and oxygen atoms in total. The Kier molecular flexibility index (Phi) is 3.15. The van der Waals surface area contributed by atoms with Gasteiger partial charge in [-0.2, -0.15) is 0 Å². The van der Waals surface area contributed by atoms with E-state index in [-0.39, 0.29) is 11.9 Å². The van der Waals surface area contributed by atoms with Gasteiger partial charge in [-0.3, -0.25) is 0 Å². The van der Waals surface area contributed by atoms with Crippen LogP contribution >= 0.6 is 0 Å². The summed E-state index contributed by atoms with van der Waals surface area (Å²) in [7, 11) is 2.01. The molecule has 0 bridgehead atoms. The van der Waals surface area contributed by atoms with Crippen molar-refractivity contribution in [3.63, 3.8) is 0 Å². The molecule has 0 unspecified atom stereocenters. The van der Waals surface area contributed by atoms with Gasteiger partial charge in [-0.15, -0.1) is 0 Å². The van der Waals surface area contributed by atoms with Crippen molar-refractivity contribution in [1.29, 1.82) is 0 Å². The largest absolute Gasteiger partial charge is 0.374 e. The Morgan fingerprint density at radius 1 is 1.50 bits per heavy atom. The molecule has 88 valence electrons. The fourth-order valence-electron chi connectivity index (χ4n) is 2.10. The Morgan fingerprint density at radius 2 is 2.19 bits per heavy atom. The molecule has 1 aliphatic rings. The number of benzene rings is 1. The van der Waals surface area contributed by atoms with Gasteiger partial charge in [0.1, 0.15) is 5.82 Å². The molecule has 0 saturated heterocycles. The number of hydrogen-bond acceptors (Lipinski definition) is 2. The Labute approximate surface area is 96.2 Å². The topological polar surface area (TPSA) is 29.3 Å². The van der Waals surface area contributed by atoms with Crippen molar-refractivity contribution in [2.75, 3.05) is 18.5 Å². The van der Waals surface area contributed by atoms with Crippen molar-refractivity contribution >= 4 is 5.69 Å². The van der Waals surface area contributed by atoms with Gasteiger partial charge in [-0.25, -0.2) is 4.39 Å². The first-order valence-corrected chi connectivity index (χ1v) is 5.84. The van der Waals surface area contributed by atoms with E-state index in [0.29, 0.717) is 5.56 Å². The summed E-state index contributed by atoms with van der Waals surface area (Å²) < 4.78 is 13.7. The number of anilines is 1. The van der Waals surface area contributed by atoms with Gasteiger partial charge in [0.15, 0.2) is 0 Å². The van der Waals surface area contributed by atoms with E-state index in [1.165, 1.54) is 18.9 Å². The van der Waals surface area contributed by atoms with E-state index in [2.05, 4.69) is 4.90 Å². The van der Waals surface area contributed by atoms with Gasteiger partial charge in [0.05, 0.1) is 0 Å². The van der Waals surface area contributed by atoms with Crippen LogP contribution in [0.5, 0.6) is 0 Å². The first-order valence-electron chi connectivity index (χ1n) is 5.84. The second kappa shape index (κ2) is 4.42. The number of nitrogens with two attached hydrogens (primary N) is 1. The van der Waals surface area contributed by atoms with Gasteiger partial charge in [-0.05, 0) is 37.8 Å². The summed E-state index contributed by atoms with van der Waals surface area (Å²) in [4.78, 5) is 2.12. The highest BCUT2D eigenvalue weighted by molar-refractivity contribution is 5.55. The number of rotatable bonds is 4. The maximum Gasteiger partial charge on any atom is 0.130 e. The summed E-state index contributed by atoms with van der Waals surface area (Å²) in [5.74, 6) is 0.587. The summed E-state index contributed by atoms with van der Waals surface area (Å²) in [6.45, 7) is 2.83. The van der Waals surface area contributed by atoms with E-state index in [0.717, 1.165) is 18.2 Å². The molecule has 0 heterocycles. The molecule has 0 aromatic heterocycles. The fourth-order valence-corrected chi connectivity index (χ4v) is 2.10. The van der Waals surface area contributed by atoms with Gasteiger partial charge < -0.3 is 10.6 Å². The Morgan fingerprint density at radius 3 is 2.75 bits per heavy atom. The van der Waals surface area contributed by atoms with Crippen LogP contribution in [-0.4, -0.2) is 13.6 Å². The smallest absolute Gasteiger partial charge is 0.130 e. The van der Waals surface area contributed by atoms with Crippen molar-refractivity contribution < 1.29 is 4.39 Å². The molecular weight excluding hydrogens is 203 g/mol. The van der Waals surface area contributed by atoms with Crippen LogP contribution in [0.1, 0.15) is 31.4 Å². The Balaban J connectivity index is 2.26. The molecule has 0 radical (unpaired) electrons. The zero-order valence-corrected chi connectivity index (χ0v) is 9.91. The van der Waals surface area contributed by atoms with Gasteiger partial charge in [-0.1, -0.05) is 6.07 Å². The predicted octanol–water partition coefficient (Wildman–Crippen LogP) is 2.69. The molecule has 3 heteroatoms. The lowest BCUT2D eigenvalue weighted by molar-refractivity contribution is 0.592. The number of nitrogens with zero attached hydrogens (tertiary/aromatic N) is 1. The van der Waals surface area contributed by atoms with E-state index >= 15 is 0 Å². The van der Waals surface area contributed by atoms with Crippen molar-refractivity contribution in [3.05, 3.63) is 29.6 Å². The molecule has 1 fully saturated rings. The van der Waals surface area contributed by atoms with Crippen molar-refractivity contribution in [2.45, 2.75) is 25.8 Å². The fraction of sp³-hybridized carbons (Fsp3) is 0.538.